The molecule has 2 heterocycles. The molecule has 142 valence electrons. The first-order chi connectivity index (χ1) is 12.6. The van der Waals surface area contributed by atoms with Gasteiger partial charge in [0.05, 0.1) is 12.8 Å². The van der Waals surface area contributed by atoms with E-state index in [4.69, 9.17) is 4.74 Å². The average Bonchev–Trinajstić information content (AvgIpc) is 3.11. The van der Waals surface area contributed by atoms with Crippen LogP contribution in [0, 0.1) is 5.92 Å². The van der Waals surface area contributed by atoms with Gasteiger partial charge >= 0.3 is 6.03 Å². The number of methoxy groups -OCH3 is 1. The Morgan fingerprint density at radius 3 is 2.69 bits per heavy atom. The summed E-state index contributed by atoms with van der Waals surface area (Å²) in [5.41, 5.74) is 1.25. The SMILES string of the molecule is CCNCC1CCN(C(=O)c2ccc(OC)c(N3CCNC3=O)c2)CC1. The van der Waals surface area contributed by atoms with Gasteiger partial charge in [0, 0.05) is 31.7 Å². The number of amides is 3. The lowest BCUT2D eigenvalue weighted by Gasteiger charge is -2.32. The molecule has 0 aliphatic carbocycles. The number of hydrogen-bond donors (Lipinski definition) is 2. The molecule has 0 radical (unpaired) electrons. The molecule has 2 aliphatic rings. The van der Waals surface area contributed by atoms with Crippen LogP contribution in [0.25, 0.3) is 0 Å². The zero-order valence-corrected chi connectivity index (χ0v) is 15.6. The number of anilines is 1. The van der Waals surface area contributed by atoms with Crippen LogP contribution in [-0.2, 0) is 0 Å². The number of nitrogens with one attached hydrogen (secondary N) is 2. The minimum Gasteiger partial charge on any atom is -0.495 e. The van der Waals surface area contributed by atoms with Crippen molar-refractivity contribution in [2.24, 2.45) is 5.92 Å². The van der Waals surface area contributed by atoms with Crippen molar-refractivity contribution in [3.8, 4) is 5.75 Å². The maximum Gasteiger partial charge on any atom is 0.322 e. The molecule has 2 saturated heterocycles. The van der Waals surface area contributed by atoms with Gasteiger partial charge in [0.25, 0.3) is 5.91 Å². The largest absolute Gasteiger partial charge is 0.495 e. The van der Waals surface area contributed by atoms with E-state index in [0.29, 0.717) is 36.0 Å². The second-order valence-corrected chi connectivity index (χ2v) is 6.81. The van der Waals surface area contributed by atoms with Crippen molar-refractivity contribution in [1.82, 2.24) is 15.5 Å². The third-order valence-electron chi connectivity index (χ3n) is 5.16. The Kier molecular flexibility index (Phi) is 5.98. The van der Waals surface area contributed by atoms with E-state index in [-0.39, 0.29) is 11.9 Å². The molecule has 1 aromatic carbocycles. The first-order valence-electron chi connectivity index (χ1n) is 9.37. The van der Waals surface area contributed by atoms with Crippen LogP contribution in [-0.4, -0.2) is 63.2 Å². The standard InChI is InChI=1S/C19H28N4O3/c1-3-20-13-14-6-9-22(10-7-14)18(24)15-4-5-17(26-2)16(12-15)23-11-8-21-19(23)25/h4-5,12,14,20H,3,6-11,13H2,1-2H3,(H,21,25). The second kappa shape index (κ2) is 8.40. The molecule has 1 aromatic rings. The van der Waals surface area contributed by atoms with Crippen molar-refractivity contribution in [3.05, 3.63) is 23.8 Å². The topological polar surface area (TPSA) is 73.9 Å². The van der Waals surface area contributed by atoms with Gasteiger partial charge in [0.1, 0.15) is 5.75 Å². The Bertz CT molecular complexity index is 656. The predicted octanol–water partition coefficient (Wildman–Crippen LogP) is 1.69. The molecule has 3 amide bonds. The summed E-state index contributed by atoms with van der Waals surface area (Å²) in [6.45, 7) is 6.84. The van der Waals surface area contributed by atoms with Crippen LogP contribution < -0.4 is 20.3 Å². The fraction of sp³-hybridized carbons (Fsp3) is 0.579. The highest BCUT2D eigenvalue weighted by Crippen LogP contribution is 2.31. The number of hydrogen-bond acceptors (Lipinski definition) is 4. The summed E-state index contributed by atoms with van der Waals surface area (Å²) >= 11 is 0. The van der Waals surface area contributed by atoms with Gasteiger partial charge in [-0.1, -0.05) is 6.92 Å². The first-order valence-corrected chi connectivity index (χ1v) is 9.37. The average molecular weight is 360 g/mol. The van der Waals surface area contributed by atoms with Crippen molar-refractivity contribution < 1.29 is 14.3 Å². The highest BCUT2D eigenvalue weighted by molar-refractivity contribution is 5.99. The molecule has 7 nitrogen and oxygen atoms in total. The van der Waals surface area contributed by atoms with E-state index in [1.54, 1.807) is 30.2 Å². The lowest BCUT2D eigenvalue weighted by Crippen LogP contribution is -2.40. The van der Waals surface area contributed by atoms with Gasteiger partial charge in [0.2, 0.25) is 0 Å². The van der Waals surface area contributed by atoms with Crippen LogP contribution in [0.5, 0.6) is 5.75 Å². The monoisotopic (exact) mass is 360 g/mol. The number of carbonyl (C=O) groups is 2. The van der Waals surface area contributed by atoms with Crippen LogP contribution in [0.15, 0.2) is 18.2 Å². The smallest absolute Gasteiger partial charge is 0.322 e. The molecule has 2 fully saturated rings. The number of ether oxygens (including phenoxy) is 1. The normalized spacial score (nSPS) is 18.2. The maximum absolute atomic E-state index is 12.9. The Labute approximate surface area is 154 Å². The van der Waals surface area contributed by atoms with Gasteiger partial charge in [-0.3, -0.25) is 9.69 Å². The summed E-state index contributed by atoms with van der Waals surface area (Å²) in [6, 6.07) is 5.17. The molecular formula is C19H28N4O3. The Morgan fingerprint density at radius 2 is 2.08 bits per heavy atom. The van der Waals surface area contributed by atoms with Crippen LogP contribution in [0.3, 0.4) is 0 Å². The summed E-state index contributed by atoms with van der Waals surface area (Å²) in [4.78, 5) is 28.5. The van der Waals surface area contributed by atoms with Crippen LogP contribution in [0.4, 0.5) is 10.5 Å². The van der Waals surface area contributed by atoms with Crippen molar-refractivity contribution in [1.29, 1.82) is 0 Å². The highest BCUT2D eigenvalue weighted by atomic mass is 16.5. The summed E-state index contributed by atoms with van der Waals surface area (Å²) in [6.07, 6.45) is 2.05. The zero-order chi connectivity index (χ0) is 18.5. The number of nitrogens with zero attached hydrogens (tertiary/aromatic N) is 2. The van der Waals surface area contributed by atoms with Crippen molar-refractivity contribution in [3.63, 3.8) is 0 Å². The molecule has 0 saturated carbocycles. The van der Waals surface area contributed by atoms with Gasteiger partial charge < -0.3 is 20.3 Å². The minimum atomic E-state index is -0.155. The predicted molar refractivity (Wildman–Crippen MR) is 101 cm³/mol. The lowest BCUT2D eigenvalue weighted by atomic mass is 9.96. The van der Waals surface area contributed by atoms with Crippen molar-refractivity contribution in [2.75, 3.05) is 51.3 Å². The minimum absolute atomic E-state index is 0.0235. The number of carbonyl (C=O) groups excluding carboxylic acids is 2. The zero-order valence-electron chi connectivity index (χ0n) is 15.6. The van der Waals surface area contributed by atoms with Crippen LogP contribution in [0.2, 0.25) is 0 Å². The van der Waals surface area contributed by atoms with E-state index in [2.05, 4.69) is 17.6 Å². The molecule has 26 heavy (non-hydrogen) atoms. The molecule has 0 spiro atoms. The van der Waals surface area contributed by atoms with Crippen LogP contribution in [0.1, 0.15) is 30.1 Å². The number of likely N-dealkylation sites (tertiary alicyclic amines) is 1. The molecule has 7 heteroatoms. The molecular weight excluding hydrogens is 332 g/mol. The molecule has 2 N–H and O–H groups in total. The lowest BCUT2D eigenvalue weighted by molar-refractivity contribution is 0.0690. The van der Waals surface area contributed by atoms with E-state index in [9.17, 15) is 9.59 Å². The highest BCUT2D eigenvalue weighted by Gasteiger charge is 2.27. The van der Waals surface area contributed by atoms with Gasteiger partial charge in [-0.25, -0.2) is 4.79 Å². The van der Waals surface area contributed by atoms with Gasteiger partial charge in [0.15, 0.2) is 0 Å². The molecule has 3 rings (SSSR count). The Balaban J connectivity index is 1.71. The summed E-state index contributed by atoms with van der Waals surface area (Å²) in [7, 11) is 1.57. The summed E-state index contributed by atoms with van der Waals surface area (Å²) < 4.78 is 5.38. The number of rotatable bonds is 6. The Hall–Kier alpha value is -2.28. The van der Waals surface area contributed by atoms with Crippen molar-refractivity contribution >= 4 is 17.6 Å². The van der Waals surface area contributed by atoms with Crippen LogP contribution >= 0.6 is 0 Å². The summed E-state index contributed by atoms with van der Waals surface area (Å²) in [5.74, 6) is 1.26. The third-order valence-corrected chi connectivity index (χ3v) is 5.16. The maximum atomic E-state index is 12.9. The first kappa shape index (κ1) is 18.5. The van der Waals surface area contributed by atoms with E-state index in [1.807, 2.05) is 4.90 Å². The number of urea groups is 1. The van der Waals surface area contributed by atoms with Gasteiger partial charge in [-0.15, -0.1) is 0 Å². The molecule has 0 unspecified atom stereocenters. The fourth-order valence-corrected chi connectivity index (χ4v) is 3.61. The molecule has 0 aromatic heterocycles. The molecule has 0 bridgehead atoms. The van der Waals surface area contributed by atoms with Gasteiger partial charge in [-0.2, -0.15) is 0 Å². The fourth-order valence-electron chi connectivity index (χ4n) is 3.61. The summed E-state index contributed by atoms with van der Waals surface area (Å²) in [5, 5.41) is 6.17. The quantitative estimate of drug-likeness (QED) is 0.810. The third kappa shape index (κ3) is 3.93. The molecule has 0 atom stereocenters. The van der Waals surface area contributed by atoms with E-state index >= 15 is 0 Å². The number of benzene rings is 1. The second-order valence-electron chi connectivity index (χ2n) is 6.81. The number of piperidine rings is 1. The van der Waals surface area contributed by atoms with E-state index < -0.39 is 0 Å². The van der Waals surface area contributed by atoms with E-state index in [0.717, 1.165) is 39.0 Å². The Morgan fingerprint density at radius 1 is 1.31 bits per heavy atom. The van der Waals surface area contributed by atoms with Crippen molar-refractivity contribution in [2.45, 2.75) is 19.8 Å². The van der Waals surface area contributed by atoms with E-state index in [1.165, 1.54) is 0 Å². The molecule has 2 aliphatic heterocycles. The van der Waals surface area contributed by atoms with Gasteiger partial charge in [-0.05, 0) is 50.0 Å².